The molecule has 1 atom stereocenters. The monoisotopic (exact) mass is 496 g/mol. The topological polar surface area (TPSA) is 95.9 Å². The van der Waals surface area contributed by atoms with Gasteiger partial charge >= 0.3 is 12.1 Å². The Morgan fingerprint density at radius 1 is 1.06 bits per heavy atom. The van der Waals surface area contributed by atoms with Crippen LogP contribution in [0, 0.1) is 0 Å². The van der Waals surface area contributed by atoms with Crippen LogP contribution in [-0.2, 0) is 14.3 Å². The van der Waals surface area contributed by atoms with Gasteiger partial charge in [-0.15, -0.1) is 0 Å². The third kappa shape index (κ3) is 5.81. The maximum absolute atomic E-state index is 13.4. The number of hydrogen-bond donors (Lipinski definition) is 2. The molecule has 8 heteroatoms. The Morgan fingerprint density at radius 3 is 2.23 bits per heavy atom. The zero-order valence-corrected chi connectivity index (χ0v) is 20.8. The molecule has 2 aromatic carbocycles. The smallest absolute Gasteiger partial charge is 0.407 e. The molecular weight excluding hydrogens is 464 g/mol. The summed E-state index contributed by atoms with van der Waals surface area (Å²) >= 11 is 1.57. The van der Waals surface area contributed by atoms with E-state index in [1.807, 2.05) is 30.5 Å². The van der Waals surface area contributed by atoms with Gasteiger partial charge in [0.25, 0.3) is 0 Å². The van der Waals surface area contributed by atoms with Gasteiger partial charge in [0.2, 0.25) is 5.91 Å². The molecule has 2 aromatic rings. The summed E-state index contributed by atoms with van der Waals surface area (Å²) in [6, 6.07) is 15.3. The summed E-state index contributed by atoms with van der Waals surface area (Å²) in [6.07, 6.45) is 5.21. The van der Waals surface area contributed by atoms with Gasteiger partial charge in [-0.2, -0.15) is 11.8 Å². The lowest BCUT2D eigenvalue weighted by molar-refractivity contribution is -0.147. The highest BCUT2D eigenvalue weighted by molar-refractivity contribution is 7.98. The third-order valence-electron chi connectivity index (χ3n) is 6.90. The average molecular weight is 497 g/mol. The summed E-state index contributed by atoms with van der Waals surface area (Å²) in [5.74, 6) is -0.807. The molecule has 1 saturated carbocycles. The fraction of sp³-hybridized carbons (Fsp3) is 0.444. The van der Waals surface area contributed by atoms with E-state index in [9.17, 15) is 19.5 Å². The van der Waals surface area contributed by atoms with Crippen LogP contribution in [0.1, 0.15) is 49.1 Å². The minimum Gasteiger partial charge on any atom is -0.480 e. The second-order valence-electron chi connectivity index (χ2n) is 9.10. The van der Waals surface area contributed by atoms with E-state index < -0.39 is 18.1 Å². The maximum Gasteiger partial charge on any atom is 0.407 e. The number of rotatable bonds is 10. The number of hydrogen-bond acceptors (Lipinski definition) is 5. The molecule has 0 spiro atoms. The van der Waals surface area contributed by atoms with E-state index in [2.05, 4.69) is 29.6 Å². The lowest BCUT2D eigenvalue weighted by Gasteiger charge is -2.31. The van der Waals surface area contributed by atoms with E-state index in [1.54, 1.807) is 11.8 Å². The largest absolute Gasteiger partial charge is 0.480 e. The van der Waals surface area contributed by atoms with E-state index >= 15 is 0 Å². The van der Waals surface area contributed by atoms with Crippen LogP contribution in [0.3, 0.4) is 0 Å². The Labute approximate surface area is 210 Å². The molecule has 4 rings (SSSR count). The molecule has 1 fully saturated rings. The Morgan fingerprint density at radius 2 is 1.66 bits per heavy atom. The SMILES string of the molecule is CSCCC(NC(=O)OCC1c2ccccc2-c2ccccc21)C(=O)N(CC(=O)O)C1CCCC1. The first-order valence-electron chi connectivity index (χ1n) is 12.1. The van der Waals surface area contributed by atoms with Crippen LogP contribution in [0.15, 0.2) is 48.5 Å². The van der Waals surface area contributed by atoms with Crippen LogP contribution in [-0.4, -0.2) is 65.2 Å². The van der Waals surface area contributed by atoms with Crippen molar-refractivity contribution in [1.82, 2.24) is 10.2 Å². The summed E-state index contributed by atoms with van der Waals surface area (Å²) in [4.78, 5) is 39.1. The lowest BCUT2D eigenvalue weighted by atomic mass is 9.98. The Kier molecular flexibility index (Phi) is 8.33. The molecule has 2 aliphatic rings. The summed E-state index contributed by atoms with van der Waals surface area (Å²) in [5, 5.41) is 12.1. The summed E-state index contributed by atoms with van der Waals surface area (Å²) < 4.78 is 5.64. The maximum atomic E-state index is 13.4. The number of carboxylic acids is 1. The number of alkyl carbamates (subject to hydrolysis) is 1. The van der Waals surface area contributed by atoms with E-state index in [4.69, 9.17) is 4.74 Å². The standard InChI is InChI=1S/C27H32N2O5S/c1-35-15-14-24(26(32)29(16-25(30)31)18-8-2-3-9-18)28-27(33)34-17-23-21-12-6-4-10-19(21)20-11-5-7-13-22(20)23/h4-7,10-13,18,23-24H,2-3,8-9,14-17H2,1H3,(H,28,33)(H,30,31). The predicted molar refractivity (Wildman–Crippen MR) is 137 cm³/mol. The van der Waals surface area contributed by atoms with E-state index in [1.165, 1.54) is 4.90 Å². The number of amides is 2. The van der Waals surface area contributed by atoms with Gasteiger partial charge in [0.1, 0.15) is 19.2 Å². The number of carbonyl (C=O) groups excluding carboxylic acids is 2. The first kappa shape index (κ1) is 25.1. The highest BCUT2D eigenvalue weighted by atomic mass is 32.2. The Balaban J connectivity index is 1.44. The summed E-state index contributed by atoms with van der Waals surface area (Å²) in [6.45, 7) is -0.198. The molecule has 0 bridgehead atoms. The van der Waals surface area contributed by atoms with Crippen molar-refractivity contribution in [2.75, 3.05) is 25.2 Å². The molecule has 35 heavy (non-hydrogen) atoms. The molecule has 2 N–H and O–H groups in total. The lowest BCUT2D eigenvalue weighted by Crippen LogP contribution is -2.53. The van der Waals surface area contributed by atoms with Gasteiger partial charge in [-0.1, -0.05) is 61.4 Å². The van der Waals surface area contributed by atoms with Gasteiger partial charge in [0, 0.05) is 12.0 Å². The van der Waals surface area contributed by atoms with Crippen molar-refractivity contribution in [1.29, 1.82) is 0 Å². The fourth-order valence-corrected chi connectivity index (χ4v) is 5.70. The number of ether oxygens (including phenoxy) is 1. The normalized spacial score (nSPS) is 15.8. The zero-order valence-electron chi connectivity index (χ0n) is 19.9. The number of nitrogens with zero attached hydrogens (tertiary/aromatic N) is 1. The Bertz CT molecular complexity index is 1020. The van der Waals surface area contributed by atoms with Crippen LogP contribution >= 0.6 is 11.8 Å². The second kappa shape index (κ2) is 11.6. The highest BCUT2D eigenvalue weighted by Crippen LogP contribution is 2.44. The molecule has 2 aliphatic carbocycles. The van der Waals surface area contributed by atoms with E-state index in [-0.39, 0.29) is 31.0 Å². The van der Waals surface area contributed by atoms with Gasteiger partial charge in [-0.25, -0.2) is 4.79 Å². The van der Waals surface area contributed by atoms with Crippen molar-refractivity contribution in [2.45, 2.75) is 50.1 Å². The predicted octanol–water partition coefficient (Wildman–Crippen LogP) is 4.50. The molecule has 1 unspecified atom stereocenters. The zero-order chi connectivity index (χ0) is 24.8. The van der Waals surface area contributed by atoms with E-state index in [0.717, 1.165) is 47.9 Å². The first-order valence-corrected chi connectivity index (χ1v) is 13.5. The Hall–Kier alpha value is -3.00. The van der Waals surface area contributed by atoms with Crippen molar-refractivity contribution < 1.29 is 24.2 Å². The number of benzene rings is 2. The van der Waals surface area contributed by atoms with Gasteiger partial charge in [0.15, 0.2) is 0 Å². The highest BCUT2D eigenvalue weighted by Gasteiger charge is 2.34. The number of carboxylic acid groups (broad SMARTS) is 1. The molecule has 0 radical (unpaired) electrons. The van der Waals surface area contributed by atoms with Crippen LogP contribution in [0.2, 0.25) is 0 Å². The summed E-state index contributed by atoms with van der Waals surface area (Å²) in [7, 11) is 0. The number of aliphatic carboxylic acids is 1. The van der Waals surface area contributed by atoms with Crippen LogP contribution in [0.4, 0.5) is 4.79 Å². The molecule has 186 valence electrons. The average Bonchev–Trinajstić information content (AvgIpc) is 3.50. The van der Waals surface area contributed by atoms with Crippen LogP contribution in [0.5, 0.6) is 0 Å². The first-order chi connectivity index (χ1) is 17.0. The quantitative estimate of drug-likeness (QED) is 0.503. The molecule has 7 nitrogen and oxygen atoms in total. The van der Waals surface area contributed by atoms with Crippen molar-refractivity contribution in [3.8, 4) is 11.1 Å². The summed E-state index contributed by atoms with van der Waals surface area (Å²) in [5.41, 5.74) is 4.52. The van der Waals surface area contributed by atoms with Crippen molar-refractivity contribution in [3.63, 3.8) is 0 Å². The molecule has 0 heterocycles. The van der Waals surface area contributed by atoms with Gasteiger partial charge < -0.3 is 20.1 Å². The minimum atomic E-state index is -1.05. The van der Waals surface area contributed by atoms with E-state index in [0.29, 0.717) is 12.2 Å². The molecule has 0 saturated heterocycles. The molecule has 0 aliphatic heterocycles. The van der Waals surface area contributed by atoms with Gasteiger partial charge in [0.05, 0.1) is 0 Å². The number of fused-ring (bicyclic) bond motifs is 3. The molecule has 2 amide bonds. The molecule has 0 aromatic heterocycles. The third-order valence-corrected chi connectivity index (χ3v) is 7.54. The van der Waals surface area contributed by atoms with Crippen molar-refractivity contribution in [2.24, 2.45) is 0 Å². The van der Waals surface area contributed by atoms with Crippen molar-refractivity contribution in [3.05, 3.63) is 59.7 Å². The minimum absolute atomic E-state index is 0.0736. The fourth-order valence-electron chi connectivity index (χ4n) is 5.22. The van der Waals surface area contributed by atoms with Gasteiger partial charge in [-0.3, -0.25) is 9.59 Å². The van der Waals surface area contributed by atoms with Crippen LogP contribution < -0.4 is 5.32 Å². The number of nitrogens with one attached hydrogen (secondary N) is 1. The van der Waals surface area contributed by atoms with Crippen LogP contribution in [0.25, 0.3) is 11.1 Å². The molecular formula is C27H32N2O5S. The number of thioether (sulfide) groups is 1. The van der Waals surface area contributed by atoms with Gasteiger partial charge in [-0.05, 0) is 53.5 Å². The second-order valence-corrected chi connectivity index (χ2v) is 10.1. The van der Waals surface area contributed by atoms with Crippen molar-refractivity contribution >= 4 is 29.7 Å². The number of carbonyl (C=O) groups is 3.